The Labute approximate surface area is 92.1 Å². The molecule has 0 fully saturated rings. The molecule has 0 spiro atoms. The molecular formula is C11H24NO3+. The van der Waals surface area contributed by atoms with Gasteiger partial charge in [0.1, 0.15) is 12.1 Å². The maximum atomic E-state index is 10.9. The van der Waals surface area contributed by atoms with E-state index in [1.54, 1.807) is 13.8 Å². The largest absolute Gasteiger partial charge is 0.477 e. The van der Waals surface area contributed by atoms with Crippen molar-refractivity contribution >= 4 is 5.97 Å². The molecule has 0 bridgehead atoms. The summed E-state index contributed by atoms with van der Waals surface area (Å²) in [7, 11) is 1.87. The van der Waals surface area contributed by atoms with Gasteiger partial charge in [0.2, 0.25) is 0 Å². The summed E-state index contributed by atoms with van der Waals surface area (Å²) in [5, 5.41) is 18.7. The summed E-state index contributed by atoms with van der Waals surface area (Å²) in [6.45, 7) is 9.81. The van der Waals surface area contributed by atoms with Gasteiger partial charge < -0.3 is 14.7 Å². The summed E-state index contributed by atoms with van der Waals surface area (Å²) in [6, 6.07) is 0. The summed E-state index contributed by atoms with van der Waals surface area (Å²) in [5.74, 6) is -0.836. The van der Waals surface area contributed by atoms with Crippen molar-refractivity contribution in [1.82, 2.24) is 0 Å². The summed E-state index contributed by atoms with van der Waals surface area (Å²) >= 11 is 0. The molecule has 0 saturated heterocycles. The van der Waals surface area contributed by atoms with Crippen LogP contribution >= 0.6 is 0 Å². The lowest BCUT2D eigenvalue weighted by molar-refractivity contribution is -0.951. The third kappa shape index (κ3) is 4.62. The zero-order valence-electron chi connectivity index (χ0n) is 10.7. The van der Waals surface area contributed by atoms with E-state index in [2.05, 4.69) is 0 Å². The second kappa shape index (κ2) is 4.10. The van der Waals surface area contributed by atoms with Crippen molar-refractivity contribution in [1.29, 1.82) is 0 Å². The Bertz CT molecular complexity index is 237. The van der Waals surface area contributed by atoms with Gasteiger partial charge in [-0.2, -0.15) is 0 Å². The van der Waals surface area contributed by atoms with Crippen LogP contribution in [0.3, 0.4) is 0 Å². The van der Waals surface area contributed by atoms with E-state index in [1.807, 2.05) is 27.8 Å². The lowest BCUT2D eigenvalue weighted by Crippen LogP contribution is -2.63. The quantitative estimate of drug-likeness (QED) is 0.694. The molecular weight excluding hydrogens is 194 g/mol. The fourth-order valence-electron chi connectivity index (χ4n) is 1.68. The number of hydrogen-bond donors (Lipinski definition) is 2. The predicted octanol–water partition coefficient (Wildman–Crippen LogP) is 1.09. The highest BCUT2D eigenvalue weighted by Crippen LogP contribution is 2.25. The van der Waals surface area contributed by atoms with Crippen LogP contribution in [0.15, 0.2) is 0 Å². The number of carboxylic acid groups (broad SMARTS) is 1. The first-order valence-electron chi connectivity index (χ1n) is 5.16. The number of carbonyl (C=O) groups is 1. The van der Waals surface area contributed by atoms with E-state index in [9.17, 15) is 9.90 Å². The molecule has 0 aromatic heterocycles. The molecule has 1 atom stereocenters. The molecule has 90 valence electrons. The SMILES string of the molecule is CC(C)(O)C[N+](C)(CC(=O)O)C(C)(C)C. The Morgan fingerprint density at radius 3 is 1.80 bits per heavy atom. The van der Waals surface area contributed by atoms with Crippen LogP contribution in [0.2, 0.25) is 0 Å². The van der Waals surface area contributed by atoms with Crippen molar-refractivity contribution in [2.75, 3.05) is 20.1 Å². The number of hydrogen-bond acceptors (Lipinski definition) is 2. The molecule has 0 aliphatic carbocycles. The number of aliphatic hydroxyl groups is 1. The third-order valence-corrected chi connectivity index (χ3v) is 2.84. The lowest BCUT2D eigenvalue weighted by atomic mass is 9.97. The van der Waals surface area contributed by atoms with Crippen LogP contribution in [-0.4, -0.2) is 51.9 Å². The van der Waals surface area contributed by atoms with E-state index in [-0.39, 0.29) is 12.1 Å². The van der Waals surface area contributed by atoms with Gasteiger partial charge in [0.25, 0.3) is 0 Å². The van der Waals surface area contributed by atoms with Crippen LogP contribution in [0.4, 0.5) is 0 Å². The summed E-state index contributed by atoms with van der Waals surface area (Å²) in [6.07, 6.45) is 0. The van der Waals surface area contributed by atoms with E-state index < -0.39 is 11.6 Å². The molecule has 0 saturated carbocycles. The van der Waals surface area contributed by atoms with E-state index in [1.165, 1.54) is 0 Å². The highest BCUT2D eigenvalue weighted by Gasteiger charge is 2.41. The average molecular weight is 218 g/mol. The highest BCUT2D eigenvalue weighted by atomic mass is 16.4. The van der Waals surface area contributed by atoms with Crippen molar-refractivity contribution in [2.45, 2.75) is 45.8 Å². The minimum atomic E-state index is -0.864. The fourth-order valence-corrected chi connectivity index (χ4v) is 1.68. The van der Waals surface area contributed by atoms with Crippen LogP contribution in [0.5, 0.6) is 0 Å². The molecule has 0 heterocycles. The highest BCUT2D eigenvalue weighted by molar-refractivity contribution is 5.68. The number of aliphatic carboxylic acids is 1. The van der Waals surface area contributed by atoms with Gasteiger partial charge in [-0.3, -0.25) is 0 Å². The normalized spacial score (nSPS) is 17.3. The van der Waals surface area contributed by atoms with E-state index >= 15 is 0 Å². The molecule has 0 aliphatic rings. The standard InChI is InChI=1S/C11H23NO3/c1-10(2,3)12(6,7-9(13)14)8-11(4,5)15/h15H,7-8H2,1-6H3/p+1. The molecule has 0 amide bonds. The van der Waals surface area contributed by atoms with Gasteiger partial charge in [0.05, 0.1) is 12.6 Å². The smallest absolute Gasteiger partial charge is 0.359 e. The van der Waals surface area contributed by atoms with Gasteiger partial charge in [0, 0.05) is 0 Å². The van der Waals surface area contributed by atoms with Crippen molar-refractivity contribution in [2.24, 2.45) is 0 Å². The number of nitrogens with zero attached hydrogens (tertiary/aromatic N) is 1. The number of quaternary nitrogens is 1. The Balaban J connectivity index is 4.96. The average Bonchev–Trinajstić information content (AvgIpc) is 1.75. The zero-order chi connectivity index (χ0) is 12.5. The third-order valence-electron chi connectivity index (χ3n) is 2.84. The van der Waals surface area contributed by atoms with Gasteiger partial charge >= 0.3 is 5.97 Å². The predicted molar refractivity (Wildman–Crippen MR) is 59.6 cm³/mol. The minimum absolute atomic E-state index is 0.0213. The van der Waals surface area contributed by atoms with Crippen LogP contribution in [0, 0.1) is 0 Å². The molecule has 15 heavy (non-hydrogen) atoms. The van der Waals surface area contributed by atoms with E-state index in [4.69, 9.17) is 5.11 Å². The van der Waals surface area contributed by atoms with Gasteiger partial charge in [-0.1, -0.05) is 0 Å². The Hall–Kier alpha value is -0.610. The van der Waals surface area contributed by atoms with Gasteiger partial charge in [-0.05, 0) is 34.6 Å². The summed E-state index contributed by atoms with van der Waals surface area (Å²) in [5.41, 5.74) is -1.07. The number of rotatable bonds is 4. The molecule has 0 aromatic carbocycles. The number of carboxylic acids is 1. The molecule has 4 nitrogen and oxygen atoms in total. The monoisotopic (exact) mass is 218 g/mol. The lowest BCUT2D eigenvalue weighted by Gasteiger charge is -2.47. The van der Waals surface area contributed by atoms with Crippen molar-refractivity contribution in [3.05, 3.63) is 0 Å². The Kier molecular flexibility index (Phi) is 3.93. The van der Waals surface area contributed by atoms with E-state index in [0.29, 0.717) is 11.0 Å². The first kappa shape index (κ1) is 14.4. The molecule has 0 radical (unpaired) electrons. The molecule has 4 heteroatoms. The van der Waals surface area contributed by atoms with E-state index in [0.717, 1.165) is 0 Å². The van der Waals surface area contributed by atoms with Crippen LogP contribution in [0.25, 0.3) is 0 Å². The minimum Gasteiger partial charge on any atom is -0.477 e. The maximum Gasteiger partial charge on any atom is 0.359 e. The first-order chi connectivity index (χ1) is 6.37. The molecule has 0 aromatic rings. The van der Waals surface area contributed by atoms with Gasteiger partial charge in [0.15, 0.2) is 6.54 Å². The Morgan fingerprint density at radius 2 is 1.60 bits per heavy atom. The Morgan fingerprint density at radius 1 is 1.20 bits per heavy atom. The van der Waals surface area contributed by atoms with Crippen LogP contribution in [-0.2, 0) is 4.79 Å². The summed E-state index contributed by atoms with van der Waals surface area (Å²) in [4.78, 5) is 10.9. The topological polar surface area (TPSA) is 57.5 Å². The fraction of sp³-hybridized carbons (Fsp3) is 0.909. The van der Waals surface area contributed by atoms with Crippen molar-refractivity contribution in [3.63, 3.8) is 0 Å². The van der Waals surface area contributed by atoms with Crippen molar-refractivity contribution in [3.8, 4) is 0 Å². The van der Waals surface area contributed by atoms with Gasteiger partial charge in [-0.25, -0.2) is 4.79 Å². The van der Waals surface area contributed by atoms with Crippen molar-refractivity contribution < 1.29 is 19.5 Å². The molecule has 0 rings (SSSR count). The summed E-state index contributed by atoms with van der Waals surface area (Å²) < 4.78 is 0.311. The molecule has 2 N–H and O–H groups in total. The molecule has 0 aliphatic heterocycles. The second-order valence-corrected chi connectivity index (χ2v) is 6.09. The van der Waals surface area contributed by atoms with Crippen LogP contribution in [0.1, 0.15) is 34.6 Å². The van der Waals surface area contributed by atoms with Gasteiger partial charge in [-0.15, -0.1) is 0 Å². The number of likely N-dealkylation sites (N-methyl/N-ethyl adjacent to an activating group) is 1. The second-order valence-electron chi connectivity index (χ2n) is 6.09. The maximum absolute atomic E-state index is 10.9. The zero-order valence-corrected chi connectivity index (χ0v) is 10.7. The first-order valence-corrected chi connectivity index (χ1v) is 5.16. The van der Waals surface area contributed by atoms with Crippen LogP contribution < -0.4 is 0 Å². The molecule has 1 unspecified atom stereocenters.